The Morgan fingerprint density at radius 1 is 1.70 bits per heavy atom. The molecule has 2 nitrogen and oxygen atoms in total. The first kappa shape index (κ1) is 6.81. The summed E-state index contributed by atoms with van der Waals surface area (Å²) in [7, 11) is 0. The topological polar surface area (TPSA) is 17.8 Å². The molecule has 0 fully saturated rings. The van der Waals surface area contributed by atoms with Crippen LogP contribution >= 0.6 is 0 Å². The summed E-state index contributed by atoms with van der Waals surface area (Å²) in [5.41, 5.74) is 1.02. The maximum Gasteiger partial charge on any atom is 0.0597 e. The van der Waals surface area contributed by atoms with Gasteiger partial charge >= 0.3 is 0 Å². The fourth-order valence-electron chi connectivity index (χ4n) is 0.665. The van der Waals surface area contributed by atoms with Crippen LogP contribution in [0.2, 0.25) is 0 Å². The Balaban J connectivity index is 2.75. The number of allylic oxidation sites excluding steroid dienone is 2. The standard InChI is InChI=1S/C8H10N2/c1-3-4-6-10-7-5-8(2)9-10/h3-7H,1H2,2H3/b6-4-. The molecular formula is C8H10N2. The fourth-order valence-corrected chi connectivity index (χ4v) is 0.665. The molecule has 1 heterocycles. The Morgan fingerprint density at radius 2 is 2.50 bits per heavy atom. The summed E-state index contributed by atoms with van der Waals surface area (Å²) in [6, 6.07) is 1.95. The lowest BCUT2D eigenvalue weighted by atomic mass is 10.5. The lowest BCUT2D eigenvalue weighted by molar-refractivity contribution is 0.912. The molecule has 0 radical (unpaired) electrons. The summed E-state index contributed by atoms with van der Waals surface area (Å²) in [5, 5.41) is 4.13. The second-order valence-corrected chi connectivity index (χ2v) is 2.01. The van der Waals surface area contributed by atoms with Crippen molar-refractivity contribution in [3.8, 4) is 0 Å². The predicted molar refractivity (Wildman–Crippen MR) is 42.5 cm³/mol. The molecule has 1 rings (SSSR count). The average Bonchev–Trinajstić information content (AvgIpc) is 2.31. The molecule has 0 aliphatic carbocycles. The highest BCUT2D eigenvalue weighted by Gasteiger charge is 1.85. The van der Waals surface area contributed by atoms with Crippen LogP contribution in [0, 0.1) is 6.92 Å². The number of hydrogen-bond acceptors (Lipinski definition) is 1. The molecule has 0 saturated carbocycles. The van der Waals surface area contributed by atoms with Gasteiger partial charge in [0.15, 0.2) is 0 Å². The molecule has 0 aromatic carbocycles. The number of aryl methyl sites for hydroxylation is 1. The zero-order valence-corrected chi connectivity index (χ0v) is 5.99. The van der Waals surface area contributed by atoms with Crippen LogP contribution in [0.25, 0.3) is 6.20 Å². The van der Waals surface area contributed by atoms with E-state index in [2.05, 4.69) is 11.7 Å². The van der Waals surface area contributed by atoms with Gasteiger partial charge in [-0.1, -0.05) is 12.7 Å². The van der Waals surface area contributed by atoms with Gasteiger partial charge in [0, 0.05) is 12.4 Å². The number of rotatable bonds is 2. The van der Waals surface area contributed by atoms with Crippen molar-refractivity contribution in [2.75, 3.05) is 0 Å². The van der Waals surface area contributed by atoms with Crippen molar-refractivity contribution in [3.05, 3.63) is 36.7 Å². The molecular weight excluding hydrogens is 124 g/mol. The van der Waals surface area contributed by atoms with E-state index in [1.54, 1.807) is 10.8 Å². The van der Waals surface area contributed by atoms with E-state index in [-0.39, 0.29) is 0 Å². The van der Waals surface area contributed by atoms with Crippen molar-refractivity contribution in [2.24, 2.45) is 0 Å². The van der Waals surface area contributed by atoms with Crippen LogP contribution in [0.4, 0.5) is 0 Å². The van der Waals surface area contributed by atoms with E-state index in [1.165, 1.54) is 0 Å². The lowest BCUT2D eigenvalue weighted by Gasteiger charge is -1.85. The number of aromatic nitrogens is 2. The monoisotopic (exact) mass is 134 g/mol. The maximum absolute atomic E-state index is 4.13. The third kappa shape index (κ3) is 1.58. The Morgan fingerprint density at radius 3 is 3.00 bits per heavy atom. The van der Waals surface area contributed by atoms with E-state index < -0.39 is 0 Å². The molecule has 0 spiro atoms. The quantitative estimate of drug-likeness (QED) is 0.564. The van der Waals surface area contributed by atoms with Crippen LogP contribution in [0.5, 0.6) is 0 Å². The van der Waals surface area contributed by atoms with Crippen molar-refractivity contribution in [2.45, 2.75) is 6.92 Å². The summed E-state index contributed by atoms with van der Waals surface area (Å²) >= 11 is 0. The smallest absolute Gasteiger partial charge is 0.0597 e. The van der Waals surface area contributed by atoms with E-state index in [0.29, 0.717) is 0 Å². The third-order valence-corrected chi connectivity index (χ3v) is 1.12. The minimum Gasteiger partial charge on any atom is -0.248 e. The van der Waals surface area contributed by atoms with E-state index in [1.807, 2.05) is 31.5 Å². The molecule has 0 bridgehead atoms. The molecule has 0 aliphatic heterocycles. The Labute approximate surface area is 60.5 Å². The van der Waals surface area contributed by atoms with Crippen molar-refractivity contribution in [3.63, 3.8) is 0 Å². The molecule has 0 saturated heterocycles. The molecule has 10 heavy (non-hydrogen) atoms. The van der Waals surface area contributed by atoms with Crippen LogP contribution in [0.15, 0.2) is 31.0 Å². The highest BCUT2D eigenvalue weighted by molar-refractivity contribution is 5.25. The highest BCUT2D eigenvalue weighted by atomic mass is 15.3. The molecule has 0 N–H and O–H groups in total. The van der Waals surface area contributed by atoms with Gasteiger partial charge in [0.05, 0.1) is 5.69 Å². The fraction of sp³-hybridized carbons (Fsp3) is 0.125. The summed E-state index contributed by atoms with van der Waals surface area (Å²) in [6.45, 7) is 5.51. The van der Waals surface area contributed by atoms with Crippen LogP contribution < -0.4 is 0 Å². The van der Waals surface area contributed by atoms with Crippen molar-refractivity contribution < 1.29 is 0 Å². The second kappa shape index (κ2) is 3.01. The Kier molecular flexibility index (Phi) is 2.05. The summed E-state index contributed by atoms with van der Waals surface area (Å²) in [4.78, 5) is 0. The minimum absolute atomic E-state index is 1.02. The number of nitrogens with zero attached hydrogens (tertiary/aromatic N) is 2. The van der Waals surface area contributed by atoms with Gasteiger partial charge in [-0.2, -0.15) is 5.10 Å². The normalized spacial score (nSPS) is 10.5. The molecule has 1 aromatic rings. The van der Waals surface area contributed by atoms with Crippen LogP contribution in [0.3, 0.4) is 0 Å². The summed E-state index contributed by atoms with van der Waals surface area (Å²) < 4.78 is 1.75. The molecule has 2 heteroatoms. The first-order valence-electron chi connectivity index (χ1n) is 3.14. The summed E-state index contributed by atoms with van der Waals surface area (Å²) in [6.07, 6.45) is 7.30. The van der Waals surface area contributed by atoms with E-state index in [0.717, 1.165) is 5.69 Å². The van der Waals surface area contributed by atoms with E-state index in [9.17, 15) is 0 Å². The van der Waals surface area contributed by atoms with E-state index in [4.69, 9.17) is 0 Å². The van der Waals surface area contributed by atoms with Gasteiger partial charge in [-0.3, -0.25) is 0 Å². The average molecular weight is 134 g/mol. The zero-order valence-electron chi connectivity index (χ0n) is 5.99. The molecule has 1 aromatic heterocycles. The van der Waals surface area contributed by atoms with Crippen molar-refractivity contribution in [1.29, 1.82) is 0 Å². The van der Waals surface area contributed by atoms with Crippen LogP contribution in [-0.2, 0) is 0 Å². The van der Waals surface area contributed by atoms with Gasteiger partial charge in [0.2, 0.25) is 0 Å². The van der Waals surface area contributed by atoms with Gasteiger partial charge in [-0.25, -0.2) is 4.68 Å². The van der Waals surface area contributed by atoms with Crippen molar-refractivity contribution in [1.82, 2.24) is 9.78 Å². The zero-order chi connectivity index (χ0) is 7.40. The number of hydrogen-bond donors (Lipinski definition) is 0. The first-order valence-corrected chi connectivity index (χ1v) is 3.14. The largest absolute Gasteiger partial charge is 0.248 e. The van der Waals surface area contributed by atoms with Gasteiger partial charge in [-0.15, -0.1) is 0 Å². The van der Waals surface area contributed by atoms with Gasteiger partial charge < -0.3 is 0 Å². The minimum atomic E-state index is 1.02. The Bertz CT molecular complexity index is 246. The van der Waals surface area contributed by atoms with E-state index >= 15 is 0 Å². The SMILES string of the molecule is C=C/C=C\n1ccc(C)n1. The molecule has 0 amide bonds. The molecule has 0 unspecified atom stereocenters. The Hall–Kier alpha value is -1.31. The van der Waals surface area contributed by atoms with Crippen molar-refractivity contribution >= 4 is 6.20 Å². The molecule has 0 aliphatic rings. The van der Waals surface area contributed by atoms with Gasteiger partial charge in [0.25, 0.3) is 0 Å². The van der Waals surface area contributed by atoms with Gasteiger partial charge in [0.1, 0.15) is 0 Å². The van der Waals surface area contributed by atoms with Crippen LogP contribution in [0.1, 0.15) is 5.69 Å². The summed E-state index contributed by atoms with van der Waals surface area (Å²) in [5.74, 6) is 0. The third-order valence-electron chi connectivity index (χ3n) is 1.12. The second-order valence-electron chi connectivity index (χ2n) is 2.01. The molecule has 0 atom stereocenters. The predicted octanol–water partition coefficient (Wildman–Crippen LogP) is 1.85. The van der Waals surface area contributed by atoms with Crippen LogP contribution in [-0.4, -0.2) is 9.78 Å². The maximum atomic E-state index is 4.13. The lowest BCUT2D eigenvalue weighted by Crippen LogP contribution is -1.85. The first-order chi connectivity index (χ1) is 4.83. The highest BCUT2D eigenvalue weighted by Crippen LogP contribution is 1.92. The van der Waals surface area contributed by atoms with Gasteiger partial charge in [-0.05, 0) is 19.1 Å². The molecule has 52 valence electrons.